The molecule has 0 amide bonds. The van der Waals surface area contributed by atoms with Gasteiger partial charge in [-0.15, -0.1) is 13.2 Å². The van der Waals surface area contributed by atoms with Crippen molar-refractivity contribution in [1.29, 1.82) is 0 Å². The third kappa shape index (κ3) is 16.9. The minimum atomic E-state index is 0.524. The normalized spacial score (nSPS) is 12.5. The van der Waals surface area contributed by atoms with Crippen molar-refractivity contribution in [3.05, 3.63) is 160 Å². The number of benzene rings is 1. The number of aromatic amines is 4. The summed E-state index contributed by atoms with van der Waals surface area (Å²) in [5.74, 6) is 4.47. The summed E-state index contributed by atoms with van der Waals surface area (Å²) in [6.45, 7) is 11.3. The van der Waals surface area contributed by atoms with Crippen LogP contribution in [0.25, 0.3) is 22.3 Å². The van der Waals surface area contributed by atoms with Gasteiger partial charge in [-0.05, 0) is 140 Å². The molecule has 10 nitrogen and oxygen atoms in total. The number of nitrogens with one attached hydrogen (secondary N) is 4. The molecular formula is C62H84N6O4S2. The molecule has 1 aliphatic rings. The first-order valence-corrected chi connectivity index (χ1v) is 29.0. The molecule has 5 aromatic heterocycles. The zero-order chi connectivity index (χ0) is 51.6. The van der Waals surface area contributed by atoms with Crippen molar-refractivity contribution in [2.24, 2.45) is 7.05 Å². The van der Waals surface area contributed by atoms with Gasteiger partial charge in [0.1, 0.15) is 17.3 Å². The quantitative estimate of drug-likeness (QED) is 0.0133. The molecule has 6 heterocycles. The van der Waals surface area contributed by atoms with E-state index in [-0.39, 0.29) is 0 Å². The first-order chi connectivity index (χ1) is 36.5. The highest BCUT2D eigenvalue weighted by Gasteiger charge is 2.20. The second kappa shape index (κ2) is 31.6. The highest BCUT2D eigenvalue weighted by molar-refractivity contribution is 7.80. The van der Waals surface area contributed by atoms with Crippen LogP contribution < -0.4 is 30.9 Å². The smallest absolute Gasteiger partial charge is 0.143 e. The number of aryl methyl sites for hydroxylation is 1. The zero-order valence-corrected chi connectivity index (χ0v) is 46.1. The summed E-state index contributed by atoms with van der Waals surface area (Å²) in [6.07, 6.45) is 30.2. The summed E-state index contributed by atoms with van der Waals surface area (Å²) in [5.41, 5.74) is 9.40. The number of fused-ring (bicyclic) bond motifs is 8. The maximum absolute atomic E-state index is 6.67. The van der Waals surface area contributed by atoms with Gasteiger partial charge in [0.05, 0.1) is 43.0 Å². The van der Waals surface area contributed by atoms with Crippen molar-refractivity contribution in [3.8, 4) is 11.5 Å². The Kier molecular flexibility index (Phi) is 24.1. The van der Waals surface area contributed by atoms with Crippen LogP contribution in [-0.4, -0.2) is 80.6 Å². The van der Waals surface area contributed by atoms with Crippen LogP contribution >= 0.6 is 25.3 Å². The number of imidazole rings is 1. The Bertz CT molecular complexity index is 2840. The maximum Gasteiger partial charge on any atom is 0.143 e. The Hall–Kier alpha value is -5.27. The molecule has 4 N–H and O–H groups in total. The molecule has 0 saturated carbocycles. The van der Waals surface area contributed by atoms with Gasteiger partial charge in [0.15, 0.2) is 0 Å². The molecule has 6 aromatic rings. The first kappa shape index (κ1) is 56.5. The van der Waals surface area contributed by atoms with Crippen LogP contribution in [0.1, 0.15) is 163 Å². The summed E-state index contributed by atoms with van der Waals surface area (Å²) in [5, 5.41) is 4.03. The van der Waals surface area contributed by atoms with E-state index in [4.69, 9.17) is 23.9 Å². The van der Waals surface area contributed by atoms with Gasteiger partial charge in [-0.25, -0.2) is 4.98 Å². The first-order valence-electron chi connectivity index (χ1n) is 27.7. The summed E-state index contributed by atoms with van der Waals surface area (Å²) >= 11 is 8.76. The summed E-state index contributed by atoms with van der Waals surface area (Å²) in [4.78, 5) is 20.5. The zero-order valence-electron chi connectivity index (χ0n) is 44.3. The van der Waals surface area contributed by atoms with E-state index in [1.807, 2.05) is 19.4 Å². The molecule has 0 saturated heterocycles. The van der Waals surface area contributed by atoms with Crippen molar-refractivity contribution >= 4 is 47.5 Å². The molecule has 0 aliphatic carbocycles. The minimum absolute atomic E-state index is 0.524. The number of thiol groups is 2. The van der Waals surface area contributed by atoms with Crippen molar-refractivity contribution in [2.75, 3.05) is 51.1 Å². The number of ether oxygens (including phenoxy) is 4. The number of hydrogen-bond donors (Lipinski definition) is 6. The molecule has 12 heteroatoms. The fourth-order valence-corrected chi connectivity index (χ4v) is 10.4. The summed E-state index contributed by atoms with van der Waals surface area (Å²) in [6, 6.07) is 24.1. The molecule has 0 fully saturated rings. The minimum Gasteiger partial charge on any atom is -0.493 e. The molecule has 74 heavy (non-hydrogen) atoms. The Labute approximate surface area is 451 Å². The maximum atomic E-state index is 6.67. The van der Waals surface area contributed by atoms with Gasteiger partial charge in [-0.2, -0.15) is 25.3 Å². The van der Waals surface area contributed by atoms with Crippen molar-refractivity contribution in [2.45, 2.75) is 128 Å². The molecule has 0 unspecified atom stereocenters. The Morgan fingerprint density at radius 2 is 0.919 bits per heavy atom. The third-order valence-electron chi connectivity index (χ3n) is 13.9. The second-order valence-electron chi connectivity index (χ2n) is 19.6. The van der Waals surface area contributed by atoms with Crippen LogP contribution in [0.3, 0.4) is 0 Å². The van der Waals surface area contributed by atoms with Crippen LogP contribution in [0.5, 0.6) is 11.5 Å². The number of hydrogen-bond acceptors (Lipinski definition) is 7. The SMILES string of the molecule is C=CCOCCCC1=c2ccc([nH]2)=C(c2cc(OCCCCCCCCCCS)cc(OCCCCCCCCCCS)c2)c2ccc([nH]2)C(CCCOCC=C)=c2ccc([nH]2)=C(c2nccn2C)c2ccc1[nH]2. The molecule has 0 radical (unpaired) electrons. The van der Waals surface area contributed by atoms with Gasteiger partial charge in [-0.1, -0.05) is 89.2 Å². The van der Waals surface area contributed by atoms with Crippen molar-refractivity contribution in [3.63, 3.8) is 0 Å². The average molecular weight is 1040 g/mol. The van der Waals surface area contributed by atoms with E-state index in [9.17, 15) is 0 Å². The van der Waals surface area contributed by atoms with Crippen LogP contribution in [0, 0.1) is 0 Å². The molecule has 7 rings (SSSR count). The van der Waals surface area contributed by atoms with Crippen LogP contribution in [-0.2, 0) is 16.5 Å². The molecular weight excluding hydrogens is 957 g/mol. The fourth-order valence-electron chi connectivity index (χ4n) is 9.99. The van der Waals surface area contributed by atoms with Gasteiger partial charge < -0.3 is 43.5 Å². The van der Waals surface area contributed by atoms with E-state index in [0.29, 0.717) is 39.6 Å². The second-order valence-corrected chi connectivity index (χ2v) is 20.5. The van der Waals surface area contributed by atoms with Crippen molar-refractivity contribution < 1.29 is 18.9 Å². The summed E-state index contributed by atoms with van der Waals surface area (Å²) in [7, 11) is 2.04. The van der Waals surface area contributed by atoms with E-state index < -0.39 is 0 Å². The Balaban J connectivity index is 1.31. The van der Waals surface area contributed by atoms with Gasteiger partial charge >= 0.3 is 0 Å². The average Bonchev–Trinajstić information content (AvgIpc) is 4.29. The molecule has 1 aromatic carbocycles. The van der Waals surface area contributed by atoms with Gasteiger partial charge in [0, 0.05) is 77.4 Å². The van der Waals surface area contributed by atoms with E-state index in [1.54, 1.807) is 12.2 Å². The van der Waals surface area contributed by atoms with E-state index in [0.717, 1.165) is 141 Å². The lowest BCUT2D eigenvalue weighted by Gasteiger charge is -2.15. The number of H-pyrrole nitrogens is 4. The Morgan fingerprint density at radius 3 is 1.38 bits per heavy atom. The number of rotatable bonds is 36. The molecule has 8 bridgehead atoms. The van der Waals surface area contributed by atoms with E-state index in [1.165, 1.54) is 88.2 Å². The monoisotopic (exact) mass is 1040 g/mol. The number of unbranched alkanes of at least 4 members (excludes halogenated alkanes) is 14. The lowest BCUT2D eigenvalue weighted by molar-refractivity contribution is 0.160. The van der Waals surface area contributed by atoms with Crippen LogP contribution in [0.15, 0.2) is 104 Å². The molecule has 0 spiro atoms. The highest BCUT2D eigenvalue weighted by atomic mass is 32.1. The lowest BCUT2D eigenvalue weighted by Crippen LogP contribution is -2.19. The largest absolute Gasteiger partial charge is 0.493 e. The van der Waals surface area contributed by atoms with Gasteiger partial charge in [0.2, 0.25) is 0 Å². The molecule has 0 atom stereocenters. The van der Waals surface area contributed by atoms with Crippen LogP contribution in [0.2, 0.25) is 0 Å². The van der Waals surface area contributed by atoms with E-state index >= 15 is 0 Å². The van der Waals surface area contributed by atoms with Gasteiger partial charge in [-0.3, -0.25) is 0 Å². The number of aromatic nitrogens is 6. The highest BCUT2D eigenvalue weighted by Crippen LogP contribution is 2.32. The van der Waals surface area contributed by atoms with Crippen LogP contribution in [0.4, 0.5) is 0 Å². The standard InChI is InChI=1S/C62H84N6O4S2/c1-4-36-69-38-22-24-50-52-26-30-56(64-52)60(47-44-48(71-40-18-14-10-6-8-12-16-20-42-73)46-49(45-47)72-41-19-15-11-7-9-13-17-21-43-74)57-31-27-53(65-57)51(25-23-39-70-37-5-2)55-29-33-59(67-55)61(58-32-28-54(50)66-58)62-63-34-35-68(62)3/h4-5,26-35,44-46,64-67,73-74H,1-2,6-25,36-43H2,3H3. The third-order valence-corrected chi connectivity index (χ3v) is 14.5. The predicted molar refractivity (Wildman–Crippen MR) is 313 cm³/mol. The number of nitrogens with zero attached hydrogens (tertiary/aromatic N) is 2. The summed E-state index contributed by atoms with van der Waals surface area (Å²) < 4.78 is 27.2. The molecule has 1 aliphatic heterocycles. The molecule has 398 valence electrons. The van der Waals surface area contributed by atoms with Gasteiger partial charge in [0.25, 0.3) is 0 Å². The lowest BCUT2D eigenvalue weighted by atomic mass is 10.0. The Morgan fingerprint density at radius 1 is 0.486 bits per heavy atom. The van der Waals surface area contributed by atoms with E-state index in [2.05, 4.69) is 130 Å². The fraction of sp³-hybridized carbons (Fsp3) is 0.468. The predicted octanol–water partition coefficient (Wildman–Crippen LogP) is 11.8. The topological polar surface area (TPSA) is 118 Å². The van der Waals surface area contributed by atoms with Crippen molar-refractivity contribution in [1.82, 2.24) is 29.5 Å².